The summed E-state index contributed by atoms with van der Waals surface area (Å²) in [5.41, 5.74) is 0.892. The van der Waals surface area contributed by atoms with E-state index in [1.165, 1.54) is 0 Å². The maximum atomic E-state index is 9.77. The smallest absolute Gasteiger partial charge is 0.0900 e. The fraction of sp³-hybridized carbons (Fsp3) is 0.917. The highest BCUT2D eigenvalue weighted by Crippen LogP contribution is 2.17. The lowest BCUT2D eigenvalue weighted by atomic mass is 9.93. The third kappa shape index (κ3) is 4.61. The van der Waals surface area contributed by atoms with E-state index in [2.05, 4.69) is 17.0 Å². The van der Waals surface area contributed by atoms with Crippen molar-refractivity contribution >= 4 is 5.71 Å². The van der Waals surface area contributed by atoms with Gasteiger partial charge in [-0.1, -0.05) is 12.1 Å². The van der Waals surface area contributed by atoms with Crippen LogP contribution in [0, 0.1) is 5.92 Å². The van der Waals surface area contributed by atoms with E-state index in [9.17, 15) is 5.11 Å². The molecule has 17 heavy (non-hydrogen) atoms. The van der Waals surface area contributed by atoms with Gasteiger partial charge in [0.25, 0.3) is 0 Å². The zero-order valence-electron chi connectivity index (χ0n) is 10.8. The molecule has 2 atom stereocenters. The van der Waals surface area contributed by atoms with Gasteiger partial charge in [-0.2, -0.15) is 0 Å². The Morgan fingerprint density at radius 3 is 2.88 bits per heavy atom. The molecule has 0 saturated carbocycles. The summed E-state index contributed by atoms with van der Waals surface area (Å²) in [6, 6.07) is 0. The first-order valence-corrected chi connectivity index (χ1v) is 6.40. The summed E-state index contributed by atoms with van der Waals surface area (Å²) in [5.74, 6) is 0.313. The maximum Gasteiger partial charge on any atom is 0.0900 e. The molecule has 1 heterocycles. The van der Waals surface area contributed by atoms with E-state index in [0.717, 1.165) is 31.6 Å². The normalized spacial score (nSPS) is 26.3. The van der Waals surface area contributed by atoms with Gasteiger partial charge in [-0.15, -0.1) is 0 Å². The fourth-order valence-corrected chi connectivity index (χ4v) is 2.25. The molecule has 0 amide bonds. The number of aliphatic hydroxyl groups excluding tert-OH is 1. The van der Waals surface area contributed by atoms with Gasteiger partial charge in [-0.05, 0) is 13.3 Å². The van der Waals surface area contributed by atoms with E-state index in [-0.39, 0.29) is 0 Å². The van der Waals surface area contributed by atoms with Gasteiger partial charge in [-0.25, -0.2) is 0 Å². The first kappa shape index (κ1) is 14.4. The summed E-state index contributed by atoms with van der Waals surface area (Å²) in [7, 11) is 0. The lowest BCUT2D eigenvalue weighted by Gasteiger charge is -2.33. The average molecular weight is 244 g/mol. The first-order valence-electron chi connectivity index (χ1n) is 6.40. The zero-order valence-corrected chi connectivity index (χ0v) is 10.8. The molecule has 0 radical (unpaired) electrons. The van der Waals surface area contributed by atoms with Gasteiger partial charge < -0.3 is 15.1 Å². The monoisotopic (exact) mass is 244 g/mol. The fourth-order valence-electron chi connectivity index (χ4n) is 2.25. The molecule has 0 spiro atoms. The summed E-state index contributed by atoms with van der Waals surface area (Å²) < 4.78 is 5.19. The molecule has 0 bridgehead atoms. The van der Waals surface area contributed by atoms with Crippen molar-refractivity contribution in [3.8, 4) is 0 Å². The second-order valence-corrected chi connectivity index (χ2v) is 4.52. The highest BCUT2D eigenvalue weighted by Gasteiger charge is 2.25. The molecule has 1 fully saturated rings. The van der Waals surface area contributed by atoms with Crippen molar-refractivity contribution in [1.82, 2.24) is 4.90 Å². The Balaban J connectivity index is 2.36. The van der Waals surface area contributed by atoms with Crippen LogP contribution in [0.15, 0.2) is 5.16 Å². The van der Waals surface area contributed by atoms with E-state index >= 15 is 0 Å². The highest BCUT2D eigenvalue weighted by atomic mass is 16.5. The second-order valence-electron chi connectivity index (χ2n) is 4.52. The Kier molecular flexibility index (Phi) is 6.47. The van der Waals surface area contributed by atoms with Crippen LogP contribution in [-0.4, -0.2) is 59.9 Å². The van der Waals surface area contributed by atoms with Crippen molar-refractivity contribution in [3.63, 3.8) is 0 Å². The molecule has 1 saturated heterocycles. The molecule has 2 unspecified atom stereocenters. The van der Waals surface area contributed by atoms with Crippen LogP contribution in [0.5, 0.6) is 0 Å². The molecule has 1 aliphatic rings. The first-order chi connectivity index (χ1) is 8.21. The predicted molar refractivity (Wildman–Crippen MR) is 66.6 cm³/mol. The van der Waals surface area contributed by atoms with E-state index in [4.69, 9.17) is 9.94 Å². The molecular weight excluding hydrogens is 220 g/mol. The van der Waals surface area contributed by atoms with Crippen LogP contribution in [0.2, 0.25) is 0 Å². The van der Waals surface area contributed by atoms with Crippen molar-refractivity contribution in [2.24, 2.45) is 11.1 Å². The summed E-state index contributed by atoms with van der Waals surface area (Å²) >= 11 is 0. The third-order valence-corrected chi connectivity index (χ3v) is 3.24. The van der Waals surface area contributed by atoms with Crippen molar-refractivity contribution in [3.05, 3.63) is 0 Å². The Bertz CT molecular complexity index is 246. The van der Waals surface area contributed by atoms with Crippen LogP contribution < -0.4 is 0 Å². The molecule has 0 aliphatic carbocycles. The Morgan fingerprint density at radius 2 is 2.29 bits per heavy atom. The molecule has 100 valence electrons. The summed E-state index contributed by atoms with van der Waals surface area (Å²) in [6.45, 7) is 7.38. The van der Waals surface area contributed by atoms with Crippen LogP contribution in [0.1, 0.15) is 26.7 Å². The SMILES string of the molecule is CCOCC(O)CN1CCC(=NO)C(CC)C1. The number of rotatable bonds is 6. The summed E-state index contributed by atoms with van der Waals surface area (Å²) in [4.78, 5) is 2.21. The van der Waals surface area contributed by atoms with Gasteiger partial charge >= 0.3 is 0 Å². The van der Waals surface area contributed by atoms with Gasteiger partial charge in [0, 0.05) is 38.6 Å². The minimum atomic E-state index is -0.430. The number of oxime groups is 1. The lowest BCUT2D eigenvalue weighted by Crippen LogP contribution is -2.44. The standard InChI is InChI=1S/C12H24N2O3/c1-3-10-7-14(6-5-12(10)13-16)8-11(15)9-17-4-2/h10-11,15-16H,3-9H2,1-2H3. The number of hydrogen-bond acceptors (Lipinski definition) is 5. The number of likely N-dealkylation sites (tertiary alicyclic amines) is 1. The molecule has 1 aliphatic heterocycles. The maximum absolute atomic E-state index is 9.77. The zero-order chi connectivity index (χ0) is 12.7. The number of aliphatic hydroxyl groups is 1. The molecule has 1 rings (SSSR count). The second kappa shape index (κ2) is 7.63. The number of ether oxygens (including phenoxy) is 1. The van der Waals surface area contributed by atoms with Gasteiger partial charge in [0.2, 0.25) is 0 Å². The number of nitrogens with zero attached hydrogens (tertiary/aromatic N) is 2. The largest absolute Gasteiger partial charge is 0.411 e. The van der Waals surface area contributed by atoms with E-state index in [0.29, 0.717) is 25.7 Å². The van der Waals surface area contributed by atoms with Crippen LogP contribution in [-0.2, 0) is 4.74 Å². The third-order valence-electron chi connectivity index (χ3n) is 3.24. The average Bonchev–Trinajstić information content (AvgIpc) is 2.36. The summed E-state index contributed by atoms with van der Waals surface area (Å²) in [6.07, 6.45) is 1.33. The molecule has 5 nitrogen and oxygen atoms in total. The van der Waals surface area contributed by atoms with Gasteiger partial charge in [0.15, 0.2) is 0 Å². The van der Waals surface area contributed by atoms with Crippen LogP contribution in [0.3, 0.4) is 0 Å². The van der Waals surface area contributed by atoms with Crippen LogP contribution >= 0.6 is 0 Å². The van der Waals surface area contributed by atoms with Gasteiger partial charge in [0.1, 0.15) is 0 Å². The summed E-state index contributed by atoms with van der Waals surface area (Å²) in [5, 5.41) is 22.0. The quantitative estimate of drug-likeness (QED) is 0.539. The molecule has 0 aromatic rings. The van der Waals surface area contributed by atoms with Crippen molar-refractivity contribution < 1.29 is 15.1 Å². The van der Waals surface area contributed by atoms with Gasteiger partial charge in [0.05, 0.1) is 18.4 Å². The Labute approximate surface area is 103 Å². The van der Waals surface area contributed by atoms with E-state index in [1.54, 1.807) is 0 Å². The van der Waals surface area contributed by atoms with Crippen molar-refractivity contribution in [2.75, 3.05) is 32.8 Å². The minimum Gasteiger partial charge on any atom is -0.411 e. The van der Waals surface area contributed by atoms with Crippen molar-refractivity contribution in [2.45, 2.75) is 32.8 Å². The Morgan fingerprint density at radius 1 is 1.53 bits per heavy atom. The molecule has 0 aromatic heterocycles. The molecular formula is C12H24N2O3. The predicted octanol–water partition coefficient (Wildman–Crippen LogP) is 0.946. The molecule has 5 heteroatoms. The highest BCUT2D eigenvalue weighted by molar-refractivity contribution is 5.87. The minimum absolute atomic E-state index is 0.313. The van der Waals surface area contributed by atoms with Crippen molar-refractivity contribution in [1.29, 1.82) is 0 Å². The van der Waals surface area contributed by atoms with Crippen LogP contribution in [0.4, 0.5) is 0 Å². The number of β-amino-alcohol motifs (C(OH)–C–C–N with tert-alkyl or cyclic N) is 1. The number of hydrogen-bond donors (Lipinski definition) is 2. The van der Waals surface area contributed by atoms with E-state index in [1.807, 2.05) is 6.92 Å². The van der Waals surface area contributed by atoms with Gasteiger partial charge in [-0.3, -0.25) is 4.90 Å². The number of piperidine rings is 1. The topological polar surface area (TPSA) is 65.3 Å². The molecule has 2 N–H and O–H groups in total. The van der Waals surface area contributed by atoms with Crippen LogP contribution in [0.25, 0.3) is 0 Å². The lowest BCUT2D eigenvalue weighted by molar-refractivity contribution is 0.0184. The molecule has 0 aromatic carbocycles. The Hall–Kier alpha value is -0.650. The van der Waals surface area contributed by atoms with E-state index < -0.39 is 6.10 Å².